The number of piperidine rings is 1. The fourth-order valence-corrected chi connectivity index (χ4v) is 3.89. The van der Waals surface area contributed by atoms with Gasteiger partial charge in [-0.1, -0.05) is 6.07 Å². The summed E-state index contributed by atoms with van der Waals surface area (Å²) in [5.41, 5.74) is 0.125. The molecule has 1 aromatic carbocycles. The summed E-state index contributed by atoms with van der Waals surface area (Å²) >= 11 is 0. The Bertz CT molecular complexity index is 727. The number of amides is 2. The molecule has 0 radical (unpaired) electrons. The number of carbonyl (C=O) groups excluding carboxylic acids is 2. The van der Waals surface area contributed by atoms with E-state index in [2.05, 4.69) is 20.3 Å². The number of carbonyl (C=O) groups is 2. The summed E-state index contributed by atoms with van der Waals surface area (Å²) in [5, 5.41) is 5.66. The predicted molar refractivity (Wildman–Crippen MR) is 95.6 cm³/mol. The number of nitrogens with zero attached hydrogens (tertiary/aromatic N) is 1. The lowest BCUT2D eigenvalue weighted by Gasteiger charge is -2.20. The molecule has 0 aromatic heterocycles. The minimum atomic E-state index is -4.79. The van der Waals surface area contributed by atoms with Crippen molar-refractivity contribution in [2.75, 3.05) is 26.2 Å². The molecule has 1 saturated carbocycles. The summed E-state index contributed by atoms with van der Waals surface area (Å²) in [6, 6.07) is 5.14. The maximum atomic E-state index is 12.3. The molecule has 2 atom stereocenters. The zero-order chi connectivity index (χ0) is 20.5. The lowest BCUT2D eigenvalue weighted by molar-refractivity contribution is -0.274. The maximum absolute atomic E-state index is 12.3. The minimum Gasteiger partial charge on any atom is -0.406 e. The number of nitrogens with one attached hydrogen (secondary N) is 2. The van der Waals surface area contributed by atoms with Crippen molar-refractivity contribution in [1.82, 2.24) is 15.5 Å². The molecule has 1 aromatic rings. The van der Waals surface area contributed by atoms with Gasteiger partial charge >= 0.3 is 6.36 Å². The summed E-state index contributed by atoms with van der Waals surface area (Å²) in [6.45, 7) is 6.35. The van der Waals surface area contributed by atoms with Gasteiger partial charge in [-0.3, -0.25) is 14.5 Å². The quantitative estimate of drug-likeness (QED) is 0.736. The fraction of sp³-hybridized carbons (Fsp3) is 0.579. The number of likely N-dealkylation sites (tertiary alicyclic amines) is 1. The molecule has 9 heteroatoms. The molecule has 6 nitrogen and oxygen atoms in total. The average molecular weight is 399 g/mol. The average Bonchev–Trinajstić information content (AvgIpc) is 3.02. The second-order valence-corrected chi connectivity index (χ2v) is 7.69. The summed E-state index contributed by atoms with van der Waals surface area (Å²) in [4.78, 5) is 26.1. The summed E-state index contributed by atoms with van der Waals surface area (Å²) in [7, 11) is 0. The highest BCUT2D eigenvalue weighted by molar-refractivity contribution is 5.94. The van der Waals surface area contributed by atoms with E-state index in [9.17, 15) is 22.8 Å². The van der Waals surface area contributed by atoms with E-state index >= 15 is 0 Å². The van der Waals surface area contributed by atoms with Crippen molar-refractivity contribution in [1.29, 1.82) is 0 Å². The van der Waals surface area contributed by atoms with E-state index in [4.69, 9.17) is 0 Å². The molecule has 2 fully saturated rings. The molecular weight excluding hydrogens is 375 g/mol. The van der Waals surface area contributed by atoms with E-state index in [0.717, 1.165) is 25.2 Å². The first-order chi connectivity index (χ1) is 13.1. The van der Waals surface area contributed by atoms with Crippen molar-refractivity contribution in [2.24, 2.45) is 17.8 Å². The number of alkyl halides is 3. The van der Waals surface area contributed by atoms with Gasteiger partial charge in [0.1, 0.15) is 5.75 Å². The molecule has 2 unspecified atom stereocenters. The number of halogens is 3. The van der Waals surface area contributed by atoms with Gasteiger partial charge in [0, 0.05) is 31.2 Å². The summed E-state index contributed by atoms with van der Waals surface area (Å²) in [6.07, 6.45) is -4.79. The summed E-state index contributed by atoms with van der Waals surface area (Å²) < 4.78 is 40.7. The van der Waals surface area contributed by atoms with Gasteiger partial charge in [0.05, 0.1) is 6.54 Å². The Balaban J connectivity index is 1.42. The third kappa shape index (κ3) is 5.37. The molecule has 0 spiro atoms. The van der Waals surface area contributed by atoms with Crippen molar-refractivity contribution in [3.05, 3.63) is 29.8 Å². The van der Waals surface area contributed by atoms with E-state index in [0.29, 0.717) is 30.8 Å². The standard InChI is InChI=1S/C19H24F3N3O3/c1-11(2)24-17(26)10-25-8-15-14(16(15)9-25)7-23-18(27)12-4-3-5-13(6-12)28-19(20,21)22/h3-6,11,14-16H,7-10H2,1-2H3,(H,23,27)(H,24,26). The van der Waals surface area contributed by atoms with Gasteiger partial charge in [-0.2, -0.15) is 0 Å². The number of rotatable bonds is 7. The van der Waals surface area contributed by atoms with Crippen LogP contribution in [-0.2, 0) is 4.79 Å². The Morgan fingerprint density at radius 1 is 1.25 bits per heavy atom. The molecule has 2 N–H and O–H groups in total. The zero-order valence-electron chi connectivity index (χ0n) is 15.8. The predicted octanol–water partition coefficient (Wildman–Crippen LogP) is 2.02. The SMILES string of the molecule is CC(C)NC(=O)CN1CC2C(CNC(=O)c3cccc(OC(F)(F)F)c3)C2C1. The lowest BCUT2D eigenvalue weighted by Crippen LogP contribution is -2.40. The second-order valence-electron chi connectivity index (χ2n) is 7.69. The molecule has 154 valence electrons. The van der Waals surface area contributed by atoms with Gasteiger partial charge in [-0.05, 0) is 49.8 Å². The number of benzene rings is 1. The molecule has 1 heterocycles. The first-order valence-corrected chi connectivity index (χ1v) is 9.28. The molecule has 28 heavy (non-hydrogen) atoms. The van der Waals surface area contributed by atoms with Crippen molar-refractivity contribution < 1.29 is 27.5 Å². The maximum Gasteiger partial charge on any atom is 0.573 e. The molecule has 1 aliphatic carbocycles. The first-order valence-electron chi connectivity index (χ1n) is 9.28. The van der Waals surface area contributed by atoms with Crippen LogP contribution < -0.4 is 15.4 Å². The van der Waals surface area contributed by atoms with E-state index in [-0.39, 0.29) is 17.5 Å². The monoisotopic (exact) mass is 399 g/mol. The second kappa shape index (κ2) is 7.98. The van der Waals surface area contributed by atoms with Crippen molar-refractivity contribution in [3.8, 4) is 5.75 Å². The van der Waals surface area contributed by atoms with Crippen molar-refractivity contribution in [2.45, 2.75) is 26.3 Å². The van der Waals surface area contributed by atoms with Gasteiger partial charge in [-0.15, -0.1) is 13.2 Å². The van der Waals surface area contributed by atoms with Crippen molar-refractivity contribution >= 4 is 11.8 Å². The van der Waals surface area contributed by atoms with E-state index in [1.165, 1.54) is 12.1 Å². The Labute approximate surface area is 161 Å². The number of hydrogen-bond donors (Lipinski definition) is 2. The van der Waals surface area contributed by atoms with Crippen LogP contribution in [0.2, 0.25) is 0 Å². The highest BCUT2D eigenvalue weighted by Gasteiger charge is 2.55. The van der Waals surface area contributed by atoms with Crippen LogP contribution in [0.4, 0.5) is 13.2 Å². The number of hydrogen-bond acceptors (Lipinski definition) is 4. The van der Waals surface area contributed by atoms with Crippen LogP contribution in [0.5, 0.6) is 5.75 Å². The van der Waals surface area contributed by atoms with E-state index in [1.807, 2.05) is 13.8 Å². The third-order valence-corrected chi connectivity index (χ3v) is 5.09. The van der Waals surface area contributed by atoms with Crippen LogP contribution in [0.3, 0.4) is 0 Å². The Morgan fingerprint density at radius 2 is 1.93 bits per heavy atom. The van der Waals surface area contributed by atoms with Gasteiger partial charge in [0.2, 0.25) is 5.91 Å². The molecule has 0 bridgehead atoms. The van der Waals surface area contributed by atoms with Crippen LogP contribution in [-0.4, -0.2) is 55.3 Å². The van der Waals surface area contributed by atoms with Gasteiger partial charge < -0.3 is 15.4 Å². The fourth-order valence-electron chi connectivity index (χ4n) is 3.89. The molecule has 3 rings (SSSR count). The van der Waals surface area contributed by atoms with Gasteiger partial charge in [-0.25, -0.2) is 0 Å². The zero-order valence-corrected chi connectivity index (χ0v) is 15.8. The highest BCUT2D eigenvalue weighted by Crippen LogP contribution is 2.51. The highest BCUT2D eigenvalue weighted by atomic mass is 19.4. The van der Waals surface area contributed by atoms with Gasteiger partial charge in [0.25, 0.3) is 5.91 Å². The largest absolute Gasteiger partial charge is 0.573 e. The van der Waals surface area contributed by atoms with E-state index in [1.54, 1.807) is 0 Å². The molecule has 1 saturated heterocycles. The van der Waals surface area contributed by atoms with Crippen LogP contribution in [0.25, 0.3) is 0 Å². The van der Waals surface area contributed by atoms with E-state index < -0.39 is 18.0 Å². The normalized spacial score (nSPS) is 24.0. The number of fused-ring (bicyclic) bond motifs is 1. The minimum absolute atomic E-state index is 0.0158. The van der Waals surface area contributed by atoms with Crippen molar-refractivity contribution in [3.63, 3.8) is 0 Å². The third-order valence-electron chi connectivity index (χ3n) is 5.09. The molecule has 1 aliphatic heterocycles. The van der Waals surface area contributed by atoms with Gasteiger partial charge in [0.15, 0.2) is 0 Å². The van der Waals surface area contributed by atoms with Crippen LogP contribution in [0.1, 0.15) is 24.2 Å². The Morgan fingerprint density at radius 3 is 2.54 bits per heavy atom. The molecular formula is C19H24F3N3O3. The lowest BCUT2D eigenvalue weighted by atomic mass is 10.2. The molecule has 2 aliphatic rings. The number of ether oxygens (including phenoxy) is 1. The smallest absolute Gasteiger partial charge is 0.406 e. The Kier molecular flexibility index (Phi) is 5.83. The van der Waals surface area contributed by atoms with Crippen LogP contribution in [0.15, 0.2) is 24.3 Å². The topological polar surface area (TPSA) is 70.7 Å². The summed E-state index contributed by atoms with van der Waals surface area (Å²) in [5.74, 6) is 0.425. The Hall–Kier alpha value is -2.29. The van der Waals surface area contributed by atoms with Crippen LogP contribution in [0, 0.1) is 17.8 Å². The van der Waals surface area contributed by atoms with Crippen LogP contribution >= 0.6 is 0 Å². The first kappa shape index (κ1) is 20.4. The molecule has 2 amide bonds.